The SMILES string of the molecule is CCCCCCCCCCCCCC=CC=CC(=O)OOO. The van der Waals surface area contributed by atoms with Crippen LogP contribution < -0.4 is 0 Å². The first-order valence-electron chi connectivity index (χ1n) is 8.66. The molecule has 0 aliphatic rings. The normalized spacial score (nSPS) is 11.5. The molecule has 0 saturated carbocycles. The third-order valence-corrected chi connectivity index (χ3v) is 3.57. The predicted octanol–water partition coefficient (Wildman–Crippen LogP) is 5.75. The number of hydrogen-bond donors (Lipinski definition) is 1. The van der Waals surface area contributed by atoms with Crippen LogP contribution in [0, 0.1) is 0 Å². The molecule has 4 heteroatoms. The maximum absolute atomic E-state index is 10.7. The molecule has 0 unspecified atom stereocenters. The largest absolute Gasteiger partial charge is 0.369 e. The van der Waals surface area contributed by atoms with Crippen molar-refractivity contribution < 1.29 is 20.0 Å². The van der Waals surface area contributed by atoms with Gasteiger partial charge in [-0.15, -0.1) is 0 Å². The highest BCUT2D eigenvalue weighted by atomic mass is 17.5. The minimum absolute atomic E-state index is 0.734. The minimum atomic E-state index is -0.734. The Balaban J connectivity index is 3.21. The van der Waals surface area contributed by atoms with Crippen molar-refractivity contribution in [2.75, 3.05) is 0 Å². The fourth-order valence-corrected chi connectivity index (χ4v) is 2.30. The summed E-state index contributed by atoms with van der Waals surface area (Å²) in [5.74, 6) is -0.734. The first kappa shape index (κ1) is 20.9. The van der Waals surface area contributed by atoms with Crippen molar-refractivity contribution in [3.05, 3.63) is 24.3 Å². The van der Waals surface area contributed by atoms with E-state index < -0.39 is 5.97 Å². The van der Waals surface area contributed by atoms with Crippen LogP contribution in [-0.2, 0) is 14.7 Å². The number of allylic oxidation sites excluding steroid dienone is 3. The van der Waals surface area contributed by atoms with Gasteiger partial charge in [0.15, 0.2) is 0 Å². The van der Waals surface area contributed by atoms with E-state index in [-0.39, 0.29) is 0 Å². The van der Waals surface area contributed by atoms with Crippen LogP contribution in [0.3, 0.4) is 0 Å². The van der Waals surface area contributed by atoms with E-state index in [1.165, 1.54) is 76.7 Å². The van der Waals surface area contributed by atoms with Gasteiger partial charge < -0.3 is 0 Å². The molecule has 0 rings (SSSR count). The van der Waals surface area contributed by atoms with Crippen molar-refractivity contribution in [2.24, 2.45) is 0 Å². The lowest BCUT2D eigenvalue weighted by atomic mass is 10.1. The fourth-order valence-electron chi connectivity index (χ4n) is 2.30. The van der Waals surface area contributed by atoms with E-state index in [0.29, 0.717) is 0 Å². The zero-order chi connectivity index (χ0) is 16.3. The average Bonchev–Trinajstić information content (AvgIpc) is 2.51. The summed E-state index contributed by atoms with van der Waals surface area (Å²) in [4.78, 5) is 14.6. The second-order valence-electron chi connectivity index (χ2n) is 5.59. The molecule has 0 heterocycles. The molecule has 0 aromatic rings. The van der Waals surface area contributed by atoms with Crippen LogP contribution in [0.1, 0.15) is 84.0 Å². The van der Waals surface area contributed by atoms with E-state index >= 15 is 0 Å². The average molecular weight is 312 g/mol. The molecule has 4 nitrogen and oxygen atoms in total. The van der Waals surface area contributed by atoms with Crippen molar-refractivity contribution >= 4 is 5.97 Å². The van der Waals surface area contributed by atoms with Crippen molar-refractivity contribution in [3.63, 3.8) is 0 Å². The van der Waals surface area contributed by atoms with Gasteiger partial charge in [-0.05, 0) is 17.9 Å². The Morgan fingerprint density at radius 3 is 1.95 bits per heavy atom. The van der Waals surface area contributed by atoms with Gasteiger partial charge in [-0.25, -0.2) is 10.1 Å². The Bertz CT molecular complexity index is 297. The van der Waals surface area contributed by atoms with Gasteiger partial charge in [0, 0.05) is 6.08 Å². The van der Waals surface area contributed by atoms with Gasteiger partial charge in [0.1, 0.15) is 0 Å². The zero-order valence-corrected chi connectivity index (χ0v) is 14.0. The first-order valence-corrected chi connectivity index (χ1v) is 8.66. The number of rotatable bonds is 15. The van der Waals surface area contributed by atoms with Gasteiger partial charge in [-0.3, -0.25) is 4.89 Å². The van der Waals surface area contributed by atoms with E-state index in [1.54, 1.807) is 12.2 Å². The molecule has 0 aliphatic carbocycles. The number of carbonyl (C=O) groups is 1. The summed E-state index contributed by atoms with van der Waals surface area (Å²) in [5, 5.41) is 11.1. The quantitative estimate of drug-likeness (QED) is 0.137. The van der Waals surface area contributed by atoms with Gasteiger partial charge in [-0.1, -0.05) is 89.4 Å². The molecule has 0 fully saturated rings. The number of carbonyl (C=O) groups excluding carboxylic acids is 1. The summed E-state index contributed by atoms with van der Waals surface area (Å²) in [7, 11) is 0. The summed E-state index contributed by atoms with van der Waals surface area (Å²) in [6, 6.07) is 0. The van der Waals surface area contributed by atoms with E-state index in [1.807, 2.05) is 6.08 Å². The zero-order valence-electron chi connectivity index (χ0n) is 14.0. The maximum atomic E-state index is 10.7. The topological polar surface area (TPSA) is 55.8 Å². The van der Waals surface area contributed by atoms with Gasteiger partial charge in [0.05, 0.1) is 0 Å². The smallest absolute Gasteiger partial charge is 0.264 e. The van der Waals surface area contributed by atoms with Crippen LogP contribution >= 0.6 is 0 Å². The Kier molecular flexibility index (Phi) is 17.0. The highest BCUT2D eigenvalue weighted by molar-refractivity contribution is 5.81. The lowest BCUT2D eigenvalue weighted by Gasteiger charge is -2.01. The molecule has 0 aliphatic heterocycles. The number of hydrogen-bond acceptors (Lipinski definition) is 4. The Morgan fingerprint density at radius 1 is 0.864 bits per heavy atom. The van der Waals surface area contributed by atoms with E-state index in [4.69, 9.17) is 5.26 Å². The molecule has 0 saturated heterocycles. The van der Waals surface area contributed by atoms with Gasteiger partial charge in [-0.2, -0.15) is 0 Å². The molecular formula is C18H32O4. The fraction of sp³-hybridized carbons (Fsp3) is 0.722. The molecule has 1 N–H and O–H groups in total. The van der Waals surface area contributed by atoms with Crippen LogP contribution in [0.4, 0.5) is 0 Å². The summed E-state index contributed by atoms with van der Waals surface area (Å²) < 4.78 is 0. The predicted molar refractivity (Wildman–Crippen MR) is 89.2 cm³/mol. The summed E-state index contributed by atoms with van der Waals surface area (Å²) in [6.07, 6.45) is 22.4. The molecule has 0 aromatic carbocycles. The van der Waals surface area contributed by atoms with Crippen molar-refractivity contribution in [3.8, 4) is 0 Å². The second kappa shape index (κ2) is 17.9. The number of unbranched alkanes of at least 4 members (excludes halogenated alkanes) is 11. The van der Waals surface area contributed by atoms with E-state index in [9.17, 15) is 4.79 Å². The monoisotopic (exact) mass is 312 g/mol. The van der Waals surface area contributed by atoms with Crippen LogP contribution in [-0.4, -0.2) is 11.2 Å². The van der Waals surface area contributed by atoms with Crippen LogP contribution in [0.5, 0.6) is 0 Å². The summed E-state index contributed by atoms with van der Waals surface area (Å²) >= 11 is 0. The molecule has 0 atom stereocenters. The van der Waals surface area contributed by atoms with Gasteiger partial charge in [0.2, 0.25) is 0 Å². The highest BCUT2D eigenvalue weighted by Gasteiger charge is 1.94. The molecular weight excluding hydrogens is 280 g/mol. The standard InChI is InChI=1S/C18H32O4/c1-2-3-4-5-6-7-8-9-10-11-12-13-14-15-16-17-18(19)21-22-20/h14-17,20H,2-13H2,1H3. The van der Waals surface area contributed by atoms with E-state index in [2.05, 4.69) is 16.8 Å². The first-order chi connectivity index (χ1) is 10.8. The highest BCUT2D eigenvalue weighted by Crippen LogP contribution is 2.11. The van der Waals surface area contributed by atoms with Gasteiger partial charge in [0.25, 0.3) is 0 Å². The third-order valence-electron chi connectivity index (χ3n) is 3.57. The molecule has 0 aromatic heterocycles. The molecule has 22 heavy (non-hydrogen) atoms. The second-order valence-corrected chi connectivity index (χ2v) is 5.59. The molecule has 128 valence electrons. The minimum Gasteiger partial charge on any atom is -0.264 e. The molecule has 0 radical (unpaired) electrons. The Labute approximate surface area is 135 Å². The lowest BCUT2D eigenvalue weighted by molar-refractivity contribution is -0.460. The molecule has 0 spiro atoms. The van der Waals surface area contributed by atoms with Crippen molar-refractivity contribution in [1.29, 1.82) is 0 Å². The maximum Gasteiger partial charge on any atom is 0.369 e. The Hall–Kier alpha value is -1.13. The van der Waals surface area contributed by atoms with E-state index in [0.717, 1.165) is 6.42 Å². The van der Waals surface area contributed by atoms with Crippen molar-refractivity contribution in [2.45, 2.75) is 84.0 Å². The van der Waals surface area contributed by atoms with Crippen LogP contribution in [0.15, 0.2) is 24.3 Å². The lowest BCUT2D eigenvalue weighted by Crippen LogP contribution is -1.98. The van der Waals surface area contributed by atoms with Crippen LogP contribution in [0.2, 0.25) is 0 Å². The summed E-state index contributed by atoms with van der Waals surface area (Å²) in [6.45, 7) is 2.26. The van der Waals surface area contributed by atoms with Crippen molar-refractivity contribution in [1.82, 2.24) is 0 Å². The Morgan fingerprint density at radius 2 is 1.41 bits per heavy atom. The molecule has 0 amide bonds. The summed E-state index contributed by atoms with van der Waals surface area (Å²) in [5.41, 5.74) is 0. The third kappa shape index (κ3) is 16.9. The van der Waals surface area contributed by atoms with Crippen LogP contribution in [0.25, 0.3) is 0 Å². The van der Waals surface area contributed by atoms with Gasteiger partial charge >= 0.3 is 5.97 Å². The molecule has 0 bridgehead atoms.